The summed E-state index contributed by atoms with van der Waals surface area (Å²) in [7, 11) is 0. The summed E-state index contributed by atoms with van der Waals surface area (Å²) in [5.41, 5.74) is 0.471. The van der Waals surface area contributed by atoms with Crippen LogP contribution >= 0.6 is 11.3 Å². The molecule has 7 nitrogen and oxygen atoms in total. The van der Waals surface area contributed by atoms with Crippen LogP contribution in [0.3, 0.4) is 0 Å². The Morgan fingerprint density at radius 3 is 2.90 bits per heavy atom. The van der Waals surface area contributed by atoms with Gasteiger partial charge in [0.2, 0.25) is 5.82 Å². The third-order valence-corrected chi connectivity index (χ3v) is 3.85. The molecule has 1 N–H and O–H groups in total. The standard InChI is InChI=1S/C12H17N5O2S/c1-4-6-16-11(10(17(18)19)8(2)15-16)14-9(3)12-13-5-7-20-12/h5,7,9,14H,4,6H2,1-3H3. The Morgan fingerprint density at radius 2 is 2.35 bits per heavy atom. The van der Waals surface area contributed by atoms with E-state index >= 15 is 0 Å². The molecule has 2 rings (SSSR count). The molecule has 0 saturated heterocycles. The van der Waals surface area contributed by atoms with Crippen molar-refractivity contribution < 1.29 is 4.92 Å². The Hall–Kier alpha value is -1.96. The van der Waals surface area contributed by atoms with Crippen molar-refractivity contribution in [1.29, 1.82) is 0 Å². The minimum absolute atomic E-state index is 0.0434. The van der Waals surface area contributed by atoms with E-state index in [0.717, 1.165) is 11.4 Å². The average Bonchev–Trinajstić information content (AvgIpc) is 2.98. The fourth-order valence-electron chi connectivity index (χ4n) is 2.02. The predicted octanol–water partition coefficient (Wildman–Crippen LogP) is 3.14. The van der Waals surface area contributed by atoms with Gasteiger partial charge in [-0.05, 0) is 20.3 Å². The number of aryl methyl sites for hydroxylation is 2. The van der Waals surface area contributed by atoms with Crippen LogP contribution in [0.25, 0.3) is 0 Å². The summed E-state index contributed by atoms with van der Waals surface area (Å²) in [4.78, 5) is 15.1. The van der Waals surface area contributed by atoms with Gasteiger partial charge in [-0.15, -0.1) is 11.3 Å². The van der Waals surface area contributed by atoms with E-state index in [1.165, 1.54) is 11.3 Å². The van der Waals surface area contributed by atoms with E-state index in [0.29, 0.717) is 18.1 Å². The largest absolute Gasteiger partial charge is 0.356 e. The van der Waals surface area contributed by atoms with Crippen molar-refractivity contribution in [3.8, 4) is 0 Å². The molecule has 0 amide bonds. The van der Waals surface area contributed by atoms with Gasteiger partial charge in [0.15, 0.2) is 0 Å². The fourth-order valence-corrected chi connectivity index (χ4v) is 2.67. The van der Waals surface area contributed by atoms with Crippen LogP contribution in [0.15, 0.2) is 11.6 Å². The first-order valence-electron chi connectivity index (χ1n) is 6.42. The Morgan fingerprint density at radius 1 is 1.60 bits per heavy atom. The van der Waals surface area contributed by atoms with E-state index in [4.69, 9.17) is 0 Å². The van der Waals surface area contributed by atoms with Crippen LogP contribution < -0.4 is 5.32 Å². The van der Waals surface area contributed by atoms with E-state index in [2.05, 4.69) is 15.4 Å². The normalized spacial score (nSPS) is 12.3. The van der Waals surface area contributed by atoms with Crippen LogP contribution in [0.5, 0.6) is 0 Å². The van der Waals surface area contributed by atoms with Crippen molar-refractivity contribution in [1.82, 2.24) is 14.8 Å². The molecule has 0 aliphatic heterocycles. The number of anilines is 1. The van der Waals surface area contributed by atoms with Crippen LogP contribution in [-0.4, -0.2) is 19.7 Å². The van der Waals surface area contributed by atoms with E-state index < -0.39 is 0 Å². The lowest BCUT2D eigenvalue weighted by molar-refractivity contribution is -0.384. The summed E-state index contributed by atoms with van der Waals surface area (Å²) in [5.74, 6) is 0.456. The van der Waals surface area contributed by atoms with Crippen molar-refractivity contribution in [3.05, 3.63) is 32.4 Å². The minimum Gasteiger partial charge on any atom is -0.356 e. The molecule has 1 unspecified atom stereocenters. The molecule has 20 heavy (non-hydrogen) atoms. The van der Waals surface area contributed by atoms with Crippen LogP contribution in [0.1, 0.15) is 37.0 Å². The number of rotatable bonds is 6. The van der Waals surface area contributed by atoms with Gasteiger partial charge in [0.25, 0.3) is 0 Å². The van der Waals surface area contributed by atoms with Crippen molar-refractivity contribution in [2.75, 3.05) is 5.32 Å². The van der Waals surface area contributed by atoms with Crippen molar-refractivity contribution >= 4 is 22.8 Å². The lowest BCUT2D eigenvalue weighted by Gasteiger charge is -2.13. The third kappa shape index (κ3) is 2.79. The van der Waals surface area contributed by atoms with Gasteiger partial charge >= 0.3 is 5.69 Å². The summed E-state index contributed by atoms with van der Waals surface area (Å²) >= 11 is 1.52. The van der Waals surface area contributed by atoms with Gasteiger partial charge in [-0.3, -0.25) is 10.1 Å². The quantitative estimate of drug-likeness (QED) is 0.653. The first-order chi connectivity index (χ1) is 9.54. The molecular formula is C12H17N5O2S. The highest BCUT2D eigenvalue weighted by molar-refractivity contribution is 7.09. The molecule has 2 aromatic rings. The highest BCUT2D eigenvalue weighted by Crippen LogP contribution is 2.31. The second-order valence-corrected chi connectivity index (χ2v) is 5.43. The second kappa shape index (κ2) is 6.00. The summed E-state index contributed by atoms with van der Waals surface area (Å²) in [6, 6.07) is -0.0968. The predicted molar refractivity (Wildman–Crippen MR) is 78.1 cm³/mol. The molecule has 0 bridgehead atoms. The lowest BCUT2D eigenvalue weighted by Crippen LogP contribution is -2.12. The molecule has 0 radical (unpaired) electrons. The van der Waals surface area contributed by atoms with Crippen molar-refractivity contribution in [3.63, 3.8) is 0 Å². The molecule has 0 spiro atoms. The smallest absolute Gasteiger partial charge is 0.333 e. The summed E-state index contributed by atoms with van der Waals surface area (Å²) in [6.45, 7) is 6.24. The van der Waals surface area contributed by atoms with Crippen LogP contribution in [0.4, 0.5) is 11.5 Å². The maximum absolute atomic E-state index is 11.2. The van der Waals surface area contributed by atoms with Gasteiger partial charge in [0, 0.05) is 18.1 Å². The monoisotopic (exact) mass is 295 g/mol. The van der Waals surface area contributed by atoms with Crippen molar-refractivity contribution in [2.24, 2.45) is 0 Å². The van der Waals surface area contributed by atoms with Crippen LogP contribution in [0.2, 0.25) is 0 Å². The van der Waals surface area contributed by atoms with Crippen LogP contribution in [0, 0.1) is 17.0 Å². The van der Waals surface area contributed by atoms with E-state index in [1.54, 1.807) is 17.8 Å². The summed E-state index contributed by atoms with van der Waals surface area (Å²) < 4.78 is 1.66. The molecular weight excluding hydrogens is 278 g/mol. The molecule has 0 saturated carbocycles. The molecule has 0 fully saturated rings. The van der Waals surface area contributed by atoms with Crippen LogP contribution in [-0.2, 0) is 6.54 Å². The average molecular weight is 295 g/mol. The lowest BCUT2D eigenvalue weighted by atomic mass is 10.3. The number of thiazole rings is 1. The second-order valence-electron chi connectivity index (χ2n) is 4.50. The first kappa shape index (κ1) is 14.4. The Kier molecular flexibility index (Phi) is 4.33. The molecule has 0 aliphatic rings. The van der Waals surface area contributed by atoms with Gasteiger partial charge in [-0.1, -0.05) is 6.92 Å². The number of nitrogens with zero attached hydrogens (tertiary/aromatic N) is 4. The number of nitro groups is 1. The van der Waals surface area contributed by atoms with Gasteiger partial charge in [0.1, 0.15) is 10.7 Å². The molecule has 2 aromatic heterocycles. The summed E-state index contributed by atoms with van der Waals surface area (Å²) in [5, 5.41) is 21.4. The van der Waals surface area contributed by atoms with Gasteiger partial charge in [0.05, 0.1) is 11.0 Å². The van der Waals surface area contributed by atoms with Gasteiger partial charge < -0.3 is 5.32 Å². The Bertz CT molecular complexity index is 593. The molecule has 2 heterocycles. The number of hydrogen-bond acceptors (Lipinski definition) is 6. The van der Waals surface area contributed by atoms with Gasteiger partial charge in [-0.25, -0.2) is 9.67 Å². The van der Waals surface area contributed by atoms with Gasteiger partial charge in [-0.2, -0.15) is 5.10 Å². The molecule has 8 heteroatoms. The maximum Gasteiger partial charge on any atom is 0.333 e. The Labute approximate surface area is 120 Å². The Balaban J connectivity index is 2.35. The molecule has 0 aliphatic carbocycles. The zero-order chi connectivity index (χ0) is 14.7. The zero-order valence-electron chi connectivity index (χ0n) is 11.7. The third-order valence-electron chi connectivity index (χ3n) is 2.89. The molecule has 0 aromatic carbocycles. The number of nitrogens with one attached hydrogen (secondary N) is 1. The fraction of sp³-hybridized carbons (Fsp3) is 0.500. The summed E-state index contributed by atoms with van der Waals surface area (Å²) in [6.07, 6.45) is 2.58. The topological polar surface area (TPSA) is 85.9 Å². The minimum atomic E-state index is -0.384. The van der Waals surface area contributed by atoms with E-state index in [-0.39, 0.29) is 16.7 Å². The highest BCUT2D eigenvalue weighted by atomic mass is 32.1. The highest BCUT2D eigenvalue weighted by Gasteiger charge is 2.26. The molecule has 1 atom stereocenters. The molecule has 108 valence electrons. The van der Waals surface area contributed by atoms with Crippen molar-refractivity contribution in [2.45, 2.75) is 39.8 Å². The maximum atomic E-state index is 11.2. The van der Waals surface area contributed by atoms with E-state index in [9.17, 15) is 10.1 Å². The zero-order valence-corrected chi connectivity index (χ0v) is 12.5. The SMILES string of the molecule is CCCn1nc(C)c([N+](=O)[O-])c1NC(C)c1nccs1. The number of aromatic nitrogens is 3. The first-order valence-corrected chi connectivity index (χ1v) is 7.30. The van der Waals surface area contributed by atoms with E-state index in [1.807, 2.05) is 19.2 Å². The number of hydrogen-bond donors (Lipinski definition) is 1.